The highest BCUT2D eigenvalue weighted by Gasteiger charge is 2.07. The van der Waals surface area contributed by atoms with Crippen molar-refractivity contribution >= 4 is 11.9 Å². The molecule has 0 aromatic heterocycles. The Balaban J connectivity index is 3.47. The second-order valence-corrected chi connectivity index (χ2v) is 3.79. The van der Waals surface area contributed by atoms with Gasteiger partial charge in [0, 0.05) is 26.0 Å². The van der Waals surface area contributed by atoms with Crippen LogP contribution in [0.5, 0.6) is 0 Å². The van der Waals surface area contributed by atoms with Crippen LogP contribution in [0.4, 0.5) is 0 Å². The summed E-state index contributed by atoms with van der Waals surface area (Å²) in [4.78, 5) is 21.6. The van der Waals surface area contributed by atoms with Gasteiger partial charge in [-0.2, -0.15) is 0 Å². The maximum Gasteiger partial charge on any atom is 0.303 e. The molecule has 0 fully saturated rings. The molecule has 0 saturated heterocycles. The highest BCUT2D eigenvalue weighted by atomic mass is 16.5. The van der Waals surface area contributed by atoms with Crippen LogP contribution in [0.1, 0.15) is 33.1 Å². The molecule has 5 heteroatoms. The van der Waals surface area contributed by atoms with E-state index in [9.17, 15) is 9.59 Å². The second kappa shape index (κ2) is 9.15. The summed E-state index contributed by atoms with van der Waals surface area (Å²) in [5.41, 5.74) is 0. The lowest BCUT2D eigenvalue weighted by Gasteiger charge is -2.11. The van der Waals surface area contributed by atoms with E-state index < -0.39 is 5.97 Å². The second-order valence-electron chi connectivity index (χ2n) is 3.79. The van der Waals surface area contributed by atoms with Crippen molar-refractivity contribution < 1.29 is 19.4 Å². The van der Waals surface area contributed by atoms with Crippen molar-refractivity contribution in [2.24, 2.45) is 5.92 Å². The lowest BCUT2D eigenvalue weighted by molar-refractivity contribution is -0.137. The largest absolute Gasteiger partial charge is 0.481 e. The third-order valence-electron chi connectivity index (χ3n) is 2.18. The van der Waals surface area contributed by atoms with Crippen molar-refractivity contribution in [3.8, 4) is 0 Å². The van der Waals surface area contributed by atoms with Gasteiger partial charge in [0.25, 0.3) is 0 Å². The zero-order valence-electron chi connectivity index (χ0n) is 9.99. The molecule has 0 aliphatic rings. The molecule has 0 spiro atoms. The number of ether oxygens (including phenoxy) is 1. The van der Waals surface area contributed by atoms with Gasteiger partial charge in [-0.15, -0.1) is 0 Å². The molecular formula is C11H21NO4. The van der Waals surface area contributed by atoms with Gasteiger partial charge in [-0.1, -0.05) is 6.92 Å². The van der Waals surface area contributed by atoms with Crippen molar-refractivity contribution in [3.05, 3.63) is 0 Å². The number of carbonyl (C=O) groups excluding carboxylic acids is 1. The van der Waals surface area contributed by atoms with Gasteiger partial charge < -0.3 is 15.2 Å². The number of aliphatic carboxylic acids is 1. The van der Waals surface area contributed by atoms with Crippen LogP contribution < -0.4 is 5.32 Å². The molecule has 0 aromatic rings. The Kier molecular flexibility index (Phi) is 8.52. The van der Waals surface area contributed by atoms with Crippen molar-refractivity contribution in [2.75, 3.05) is 19.8 Å². The van der Waals surface area contributed by atoms with Crippen molar-refractivity contribution in [1.29, 1.82) is 0 Å². The van der Waals surface area contributed by atoms with E-state index >= 15 is 0 Å². The zero-order chi connectivity index (χ0) is 12.4. The maximum atomic E-state index is 11.3. The molecule has 0 radical (unpaired) electrons. The molecule has 1 unspecified atom stereocenters. The number of carboxylic acids is 1. The molecule has 16 heavy (non-hydrogen) atoms. The molecule has 0 heterocycles. The quantitative estimate of drug-likeness (QED) is 0.581. The van der Waals surface area contributed by atoms with Crippen molar-refractivity contribution in [3.63, 3.8) is 0 Å². The average Bonchev–Trinajstić information content (AvgIpc) is 2.24. The normalized spacial score (nSPS) is 12.1. The molecule has 0 aromatic carbocycles. The molecular weight excluding hydrogens is 210 g/mol. The van der Waals surface area contributed by atoms with E-state index in [0.29, 0.717) is 32.6 Å². The van der Waals surface area contributed by atoms with Crippen molar-refractivity contribution in [1.82, 2.24) is 5.32 Å². The standard InChI is InChI=1S/C11H21NO4/c1-3-16-7-6-10(13)12-8-9(2)4-5-11(14)15/h9H,3-8H2,1-2H3,(H,12,13)(H,14,15). The molecule has 0 aliphatic carbocycles. The monoisotopic (exact) mass is 231 g/mol. The fourth-order valence-electron chi connectivity index (χ4n) is 1.16. The number of carboxylic acid groups (broad SMARTS) is 1. The molecule has 5 nitrogen and oxygen atoms in total. The highest BCUT2D eigenvalue weighted by molar-refractivity contribution is 5.75. The van der Waals surface area contributed by atoms with E-state index in [4.69, 9.17) is 9.84 Å². The molecule has 0 aliphatic heterocycles. The fourth-order valence-corrected chi connectivity index (χ4v) is 1.16. The average molecular weight is 231 g/mol. The predicted octanol–water partition coefficient (Wildman–Crippen LogP) is 1.03. The summed E-state index contributed by atoms with van der Waals surface area (Å²) < 4.78 is 5.05. The van der Waals surface area contributed by atoms with E-state index in [-0.39, 0.29) is 18.2 Å². The van der Waals surface area contributed by atoms with E-state index in [1.54, 1.807) is 0 Å². The Morgan fingerprint density at radius 2 is 2.06 bits per heavy atom. The first-order valence-electron chi connectivity index (χ1n) is 5.62. The van der Waals surface area contributed by atoms with E-state index in [0.717, 1.165) is 0 Å². The van der Waals surface area contributed by atoms with Crippen LogP contribution in [0.25, 0.3) is 0 Å². The summed E-state index contributed by atoms with van der Waals surface area (Å²) in [7, 11) is 0. The predicted molar refractivity (Wildman–Crippen MR) is 60.2 cm³/mol. The summed E-state index contributed by atoms with van der Waals surface area (Å²) in [6.07, 6.45) is 1.09. The van der Waals surface area contributed by atoms with Crippen LogP contribution in [-0.2, 0) is 14.3 Å². The summed E-state index contributed by atoms with van der Waals surface area (Å²) in [6.45, 7) is 5.38. The number of amides is 1. The van der Waals surface area contributed by atoms with Gasteiger partial charge in [-0.05, 0) is 19.3 Å². The molecule has 0 rings (SSSR count). The minimum atomic E-state index is -0.797. The van der Waals surface area contributed by atoms with Crippen LogP contribution >= 0.6 is 0 Å². The molecule has 1 amide bonds. The van der Waals surface area contributed by atoms with Gasteiger partial charge in [0.05, 0.1) is 6.61 Å². The summed E-state index contributed by atoms with van der Waals surface area (Å²) >= 11 is 0. The first-order chi connectivity index (χ1) is 7.56. The first-order valence-corrected chi connectivity index (χ1v) is 5.62. The van der Waals surface area contributed by atoms with Gasteiger partial charge in [-0.25, -0.2) is 0 Å². The van der Waals surface area contributed by atoms with E-state index in [1.165, 1.54) is 0 Å². The maximum absolute atomic E-state index is 11.3. The molecule has 94 valence electrons. The number of rotatable bonds is 9. The van der Waals surface area contributed by atoms with Crippen LogP contribution in [0, 0.1) is 5.92 Å². The molecule has 0 saturated carbocycles. The van der Waals surface area contributed by atoms with Gasteiger partial charge in [0.1, 0.15) is 0 Å². The van der Waals surface area contributed by atoms with Gasteiger partial charge in [0.2, 0.25) is 5.91 Å². The van der Waals surface area contributed by atoms with Gasteiger partial charge in [0.15, 0.2) is 0 Å². The number of nitrogens with one attached hydrogen (secondary N) is 1. The third kappa shape index (κ3) is 9.45. The van der Waals surface area contributed by atoms with Gasteiger partial charge in [-0.3, -0.25) is 9.59 Å². The lowest BCUT2D eigenvalue weighted by Crippen LogP contribution is -2.29. The topological polar surface area (TPSA) is 75.6 Å². The Morgan fingerprint density at radius 3 is 2.62 bits per heavy atom. The fraction of sp³-hybridized carbons (Fsp3) is 0.818. The van der Waals surface area contributed by atoms with Crippen LogP contribution in [0.3, 0.4) is 0 Å². The smallest absolute Gasteiger partial charge is 0.303 e. The Hall–Kier alpha value is -1.10. The van der Waals surface area contributed by atoms with E-state index in [2.05, 4.69) is 5.32 Å². The van der Waals surface area contributed by atoms with E-state index in [1.807, 2.05) is 13.8 Å². The zero-order valence-corrected chi connectivity index (χ0v) is 9.99. The number of carbonyl (C=O) groups is 2. The lowest BCUT2D eigenvalue weighted by atomic mass is 10.1. The molecule has 0 bridgehead atoms. The Bertz CT molecular complexity index is 218. The summed E-state index contributed by atoms with van der Waals surface area (Å²) in [6, 6.07) is 0. The highest BCUT2D eigenvalue weighted by Crippen LogP contribution is 2.03. The van der Waals surface area contributed by atoms with Crippen LogP contribution in [-0.4, -0.2) is 36.7 Å². The molecule has 2 N–H and O–H groups in total. The number of hydrogen-bond acceptors (Lipinski definition) is 3. The van der Waals surface area contributed by atoms with Crippen molar-refractivity contribution in [2.45, 2.75) is 33.1 Å². The Labute approximate surface area is 96.2 Å². The minimum absolute atomic E-state index is 0.0457. The SMILES string of the molecule is CCOCCC(=O)NCC(C)CCC(=O)O. The van der Waals surface area contributed by atoms with Crippen LogP contribution in [0.2, 0.25) is 0 Å². The first kappa shape index (κ1) is 14.9. The third-order valence-corrected chi connectivity index (χ3v) is 2.18. The Morgan fingerprint density at radius 1 is 1.38 bits per heavy atom. The minimum Gasteiger partial charge on any atom is -0.481 e. The summed E-state index contributed by atoms with van der Waals surface area (Å²) in [5.74, 6) is -0.655. The summed E-state index contributed by atoms with van der Waals surface area (Å²) in [5, 5.41) is 11.2. The van der Waals surface area contributed by atoms with Crippen LogP contribution in [0.15, 0.2) is 0 Å². The molecule has 1 atom stereocenters. The number of hydrogen-bond donors (Lipinski definition) is 2. The van der Waals surface area contributed by atoms with Gasteiger partial charge >= 0.3 is 5.97 Å².